The average Bonchev–Trinajstić information content (AvgIpc) is 2.77. The average molecular weight is 491 g/mol. The zero-order chi connectivity index (χ0) is 26.2. The third kappa shape index (κ3) is 5.20. The van der Waals surface area contributed by atoms with E-state index in [0.29, 0.717) is 34.8 Å². The molecule has 0 unspecified atom stereocenters. The molecular formula is C29H30O7. The third-order valence-electron chi connectivity index (χ3n) is 5.89. The summed E-state index contributed by atoms with van der Waals surface area (Å²) in [5.74, 6) is 0.328. The van der Waals surface area contributed by atoms with Crippen LogP contribution in [0.15, 0.2) is 42.0 Å². The summed E-state index contributed by atoms with van der Waals surface area (Å²) in [5.41, 5.74) is 2.77. The van der Waals surface area contributed by atoms with E-state index in [4.69, 9.17) is 18.9 Å². The molecule has 1 atom stereocenters. The minimum Gasteiger partial charge on any atom is -0.484 e. The van der Waals surface area contributed by atoms with Crippen molar-refractivity contribution >= 4 is 23.8 Å². The highest BCUT2D eigenvalue weighted by atomic mass is 16.5. The number of rotatable bonds is 5. The molecule has 36 heavy (non-hydrogen) atoms. The van der Waals surface area contributed by atoms with Gasteiger partial charge in [0.15, 0.2) is 11.5 Å². The summed E-state index contributed by atoms with van der Waals surface area (Å²) in [5, 5.41) is 0. The van der Waals surface area contributed by atoms with Gasteiger partial charge in [0.05, 0.1) is 12.0 Å². The lowest BCUT2D eigenvalue weighted by molar-refractivity contribution is -0.132. The number of esters is 2. The van der Waals surface area contributed by atoms with E-state index < -0.39 is 23.6 Å². The first kappa shape index (κ1) is 25.2. The molecule has 0 spiro atoms. The van der Waals surface area contributed by atoms with Gasteiger partial charge in [0, 0.05) is 19.4 Å². The summed E-state index contributed by atoms with van der Waals surface area (Å²) < 4.78 is 23.5. The molecule has 0 aliphatic carbocycles. The Hall–Kier alpha value is -3.87. The first-order valence-corrected chi connectivity index (χ1v) is 11.9. The van der Waals surface area contributed by atoms with E-state index in [9.17, 15) is 14.4 Å². The number of carbonyl (C=O) groups excluding carboxylic acids is 3. The van der Waals surface area contributed by atoms with Crippen LogP contribution in [-0.4, -0.2) is 23.3 Å². The van der Waals surface area contributed by atoms with Gasteiger partial charge >= 0.3 is 11.9 Å². The lowest BCUT2D eigenvalue weighted by Gasteiger charge is -2.35. The Kier molecular flexibility index (Phi) is 6.76. The van der Waals surface area contributed by atoms with Crippen molar-refractivity contribution < 1.29 is 33.3 Å². The van der Waals surface area contributed by atoms with E-state index in [1.165, 1.54) is 13.8 Å². The van der Waals surface area contributed by atoms with Crippen molar-refractivity contribution in [1.82, 2.24) is 0 Å². The Bertz CT molecular complexity index is 1290. The number of Topliss-reactive ketones (excluding diaryl/α,β-unsaturated/α-hetero) is 1. The fourth-order valence-corrected chi connectivity index (χ4v) is 4.29. The SMILES string of the molecule is CC(=O)Oc1ccc([C@H]2CC(=O)c3c(c4c(c(CC=C(C)C)c3OC(C)=O)OC(C)(C)C=C4)O2)cc1. The first-order chi connectivity index (χ1) is 16.9. The summed E-state index contributed by atoms with van der Waals surface area (Å²) in [7, 11) is 0. The van der Waals surface area contributed by atoms with Gasteiger partial charge in [-0.25, -0.2) is 0 Å². The molecule has 0 saturated carbocycles. The predicted octanol–water partition coefficient (Wildman–Crippen LogP) is 5.94. The molecule has 0 N–H and O–H groups in total. The maximum Gasteiger partial charge on any atom is 0.308 e. The molecule has 188 valence electrons. The Labute approximate surface area is 210 Å². The van der Waals surface area contributed by atoms with Crippen molar-refractivity contribution in [3.63, 3.8) is 0 Å². The van der Waals surface area contributed by atoms with Gasteiger partial charge in [0.25, 0.3) is 0 Å². The molecule has 4 rings (SSSR count). The molecule has 2 aliphatic heterocycles. The van der Waals surface area contributed by atoms with Crippen LogP contribution in [0.3, 0.4) is 0 Å². The van der Waals surface area contributed by atoms with Gasteiger partial charge in [-0.3, -0.25) is 14.4 Å². The summed E-state index contributed by atoms with van der Waals surface area (Å²) >= 11 is 0. The molecule has 0 radical (unpaired) electrons. The summed E-state index contributed by atoms with van der Waals surface area (Å²) in [6.45, 7) is 10.5. The Morgan fingerprint density at radius 2 is 1.69 bits per heavy atom. The number of allylic oxidation sites excluding steroid dienone is 2. The van der Waals surface area contributed by atoms with Crippen molar-refractivity contribution in [2.75, 3.05) is 0 Å². The molecule has 2 aromatic rings. The van der Waals surface area contributed by atoms with Gasteiger partial charge in [-0.1, -0.05) is 23.8 Å². The lowest BCUT2D eigenvalue weighted by Crippen LogP contribution is -2.30. The first-order valence-electron chi connectivity index (χ1n) is 11.9. The smallest absolute Gasteiger partial charge is 0.308 e. The van der Waals surface area contributed by atoms with E-state index in [-0.39, 0.29) is 23.5 Å². The van der Waals surface area contributed by atoms with Crippen molar-refractivity contribution in [2.45, 2.75) is 66.1 Å². The molecule has 7 nitrogen and oxygen atoms in total. The van der Waals surface area contributed by atoms with Gasteiger partial charge in [-0.05, 0) is 64.0 Å². The predicted molar refractivity (Wildman–Crippen MR) is 135 cm³/mol. The maximum atomic E-state index is 13.6. The van der Waals surface area contributed by atoms with Crippen LogP contribution < -0.4 is 18.9 Å². The summed E-state index contributed by atoms with van der Waals surface area (Å²) in [6, 6.07) is 6.85. The zero-order valence-corrected chi connectivity index (χ0v) is 21.4. The minimum absolute atomic E-state index is 0.0606. The van der Waals surface area contributed by atoms with Crippen molar-refractivity contribution in [3.8, 4) is 23.0 Å². The van der Waals surface area contributed by atoms with Gasteiger partial charge in [0.2, 0.25) is 0 Å². The second-order valence-corrected chi connectivity index (χ2v) is 9.77. The highest BCUT2D eigenvalue weighted by Crippen LogP contribution is 2.52. The van der Waals surface area contributed by atoms with E-state index in [2.05, 4.69) is 0 Å². The number of ether oxygens (including phenoxy) is 4. The van der Waals surface area contributed by atoms with Crippen LogP contribution in [0.5, 0.6) is 23.0 Å². The summed E-state index contributed by atoms with van der Waals surface area (Å²) in [6.07, 6.45) is 5.74. The molecular weight excluding hydrogens is 460 g/mol. The Morgan fingerprint density at radius 3 is 2.31 bits per heavy atom. The van der Waals surface area contributed by atoms with Crippen LogP contribution >= 0.6 is 0 Å². The van der Waals surface area contributed by atoms with Crippen LogP contribution in [0, 0.1) is 0 Å². The number of hydrogen-bond acceptors (Lipinski definition) is 7. The normalized spacial score (nSPS) is 17.2. The molecule has 0 aromatic heterocycles. The zero-order valence-electron chi connectivity index (χ0n) is 21.4. The second kappa shape index (κ2) is 9.64. The quantitative estimate of drug-likeness (QED) is 0.291. The second-order valence-electron chi connectivity index (χ2n) is 9.77. The third-order valence-corrected chi connectivity index (χ3v) is 5.89. The van der Waals surface area contributed by atoms with Crippen LogP contribution in [0.2, 0.25) is 0 Å². The molecule has 2 heterocycles. The molecule has 2 aliphatic rings. The number of ketones is 1. The fraction of sp³-hybridized carbons (Fsp3) is 0.345. The van der Waals surface area contributed by atoms with Crippen LogP contribution in [0.4, 0.5) is 0 Å². The molecule has 7 heteroatoms. The largest absolute Gasteiger partial charge is 0.484 e. The minimum atomic E-state index is -0.598. The molecule has 0 saturated heterocycles. The van der Waals surface area contributed by atoms with Crippen LogP contribution in [0.1, 0.15) is 81.1 Å². The van der Waals surface area contributed by atoms with E-state index >= 15 is 0 Å². The van der Waals surface area contributed by atoms with Crippen molar-refractivity contribution in [2.24, 2.45) is 0 Å². The molecule has 0 bridgehead atoms. The number of benzene rings is 2. The van der Waals surface area contributed by atoms with E-state index in [1.807, 2.05) is 45.9 Å². The van der Waals surface area contributed by atoms with Crippen molar-refractivity contribution in [3.05, 3.63) is 64.2 Å². The molecule has 0 fully saturated rings. The Balaban J connectivity index is 1.86. The van der Waals surface area contributed by atoms with E-state index in [0.717, 1.165) is 11.1 Å². The number of hydrogen-bond donors (Lipinski definition) is 0. The van der Waals surface area contributed by atoms with Gasteiger partial charge in [-0.2, -0.15) is 0 Å². The Morgan fingerprint density at radius 1 is 1.03 bits per heavy atom. The monoisotopic (exact) mass is 490 g/mol. The highest BCUT2D eigenvalue weighted by molar-refractivity contribution is 6.05. The standard InChI is InChI=1S/C29H30O7/c1-16(2)7-12-21-26-22(13-14-29(5,6)36-26)28-25(27(21)34-18(4)31)23(32)15-24(35-28)19-8-10-20(11-9-19)33-17(3)30/h7-11,13-14,24H,12,15H2,1-6H3/t24-/m1/s1. The van der Waals surface area contributed by atoms with Crippen LogP contribution in [0.25, 0.3) is 6.08 Å². The summed E-state index contributed by atoms with van der Waals surface area (Å²) in [4.78, 5) is 36.9. The van der Waals surface area contributed by atoms with Gasteiger partial charge < -0.3 is 18.9 Å². The number of carbonyl (C=O) groups is 3. The lowest BCUT2D eigenvalue weighted by atomic mass is 9.88. The molecule has 0 amide bonds. The van der Waals surface area contributed by atoms with E-state index in [1.54, 1.807) is 24.3 Å². The van der Waals surface area contributed by atoms with Gasteiger partial charge in [-0.15, -0.1) is 0 Å². The van der Waals surface area contributed by atoms with Crippen LogP contribution in [-0.2, 0) is 16.0 Å². The van der Waals surface area contributed by atoms with Crippen molar-refractivity contribution in [1.29, 1.82) is 0 Å². The maximum absolute atomic E-state index is 13.6. The highest BCUT2D eigenvalue weighted by Gasteiger charge is 2.39. The molecule has 2 aromatic carbocycles. The fourth-order valence-electron chi connectivity index (χ4n) is 4.29. The number of fused-ring (bicyclic) bond motifs is 3. The topological polar surface area (TPSA) is 88.1 Å². The van der Waals surface area contributed by atoms with Gasteiger partial charge in [0.1, 0.15) is 34.5 Å².